The Morgan fingerprint density at radius 1 is 1.15 bits per heavy atom. The third-order valence-corrected chi connectivity index (χ3v) is 2.09. The van der Waals surface area contributed by atoms with Crippen LogP contribution in [0.1, 0.15) is 51.2 Å². The SMILES string of the molecule is CCCCCc1cnc(CCC)o1. The molecule has 0 aliphatic rings. The van der Waals surface area contributed by atoms with Crippen LogP contribution >= 0.6 is 0 Å². The third kappa shape index (κ3) is 3.62. The van der Waals surface area contributed by atoms with Crippen LogP contribution in [0.3, 0.4) is 0 Å². The Hall–Kier alpha value is -0.790. The minimum Gasteiger partial charge on any atom is -0.446 e. The lowest BCUT2D eigenvalue weighted by atomic mass is 10.2. The maximum atomic E-state index is 5.56. The van der Waals surface area contributed by atoms with Crippen LogP contribution in [0.15, 0.2) is 10.6 Å². The van der Waals surface area contributed by atoms with Gasteiger partial charge in [-0.25, -0.2) is 4.98 Å². The highest BCUT2D eigenvalue weighted by atomic mass is 16.4. The predicted molar refractivity (Wildman–Crippen MR) is 53.7 cm³/mol. The van der Waals surface area contributed by atoms with Gasteiger partial charge in [0.05, 0.1) is 6.20 Å². The van der Waals surface area contributed by atoms with E-state index >= 15 is 0 Å². The van der Waals surface area contributed by atoms with E-state index in [2.05, 4.69) is 18.8 Å². The summed E-state index contributed by atoms with van der Waals surface area (Å²) < 4.78 is 5.56. The number of hydrogen-bond acceptors (Lipinski definition) is 2. The second kappa shape index (κ2) is 5.79. The Kier molecular flexibility index (Phi) is 4.58. The molecule has 0 saturated carbocycles. The van der Waals surface area contributed by atoms with Crippen LogP contribution in [0.25, 0.3) is 0 Å². The summed E-state index contributed by atoms with van der Waals surface area (Å²) in [6, 6.07) is 0. The Bertz CT molecular complexity index is 230. The van der Waals surface area contributed by atoms with Crippen LogP contribution in [0, 0.1) is 0 Å². The van der Waals surface area contributed by atoms with Gasteiger partial charge in [-0.1, -0.05) is 26.7 Å². The molecule has 0 atom stereocenters. The van der Waals surface area contributed by atoms with E-state index in [-0.39, 0.29) is 0 Å². The number of oxazole rings is 1. The van der Waals surface area contributed by atoms with Crippen molar-refractivity contribution >= 4 is 0 Å². The zero-order chi connectivity index (χ0) is 9.52. The van der Waals surface area contributed by atoms with E-state index in [0.29, 0.717) is 0 Å². The maximum absolute atomic E-state index is 5.56. The fourth-order valence-corrected chi connectivity index (χ4v) is 1.34. The molecule has 74 valence electrons. The Morgan fingerprint density at radius 2 is 2.00 bits per heavy atom. The van der Waals surface area contributed by atoms with Crippen LogP contribution < -0.4 is 0 Å². The molecule has 0 radical (unpaired) electrons. The average Bonchev–Trinajstić information content (AvgIpc) is 2.54. The van der Waals surface area contributed by atoms with E-state index in [1.165, 1.54) is 19.3 Å². The number of rotatable bonds is 6. The summed E-state index contributed by atoms with van der Waals surface area (Å²) in [7, 11) is 0. The summed E-state index contributed by atoms with van der Waals surface area (Å²) in [6.45, 7) is 4.35. The lowest BCUT2D eigenvalue weighted by Gasteiger charge is -1.94. The molecular formula is C11H19NO. The summed E-state index contributed by atoms with van der Waals surface area (Å²) in [6.07, 6.45) is 8.75. The van der Waals surface area contributed by atoms with Gasteiger partial charge in [0.1, 0.15) is 5.76 Å². The van der Waals surface area contributed by atoms with Crippen molar-refractivity contribution in [2.75, 3.05) is 0 Å². The topological polar surface area (TPSA) is 26.0 Å². The van der Waals surface area contributed by atoms with Crippen LogP contribution in [0.5, 0.6) is 0 Å². The maximum Gasteiger partial charge on any atom is 0.194 e. The highest BCUT2D eigenvalue weighted by Crippen LogP contribution is 2.09. The summed E-state index contributed by atoms with van der Waals surface area (Å²) in [5, 5.41) is 0. The lowest BCUT2D eigenvalue weighted by molar-refractivity contribution is 0.445. The molecule has 1 rings (SSSR count). The van der Waals surface area contributed by atoms with Crippen molar-refractivity contribution in [2.24, 2.45) is 0 Å². The molecule has 2 nitrogen and oxygen atoms in total. The first-order chi connectivity index (χ1) is 6.36. The van der Waals surface area contributed by atoms with Crippen molar-refractivity contribution in [2.45, 2.75) is 52.4 Å². The van der Waals surface area contributed by atoms with Gasteiger partial charge in [-0.15, -0.1) is 0 Å². The fraction of sp³-hybridized carbons (Fsp3) is 0.727. The van der Waals surface area contributed by atoms with Crippen molar-refractivity contribution < 1.29 is 4.42 Å². The van der Waals surface area contributed by atoms with E-state index in [4.69, 9.17) is 4.42 Å². The average molecular weight is 181 g/mol. The van der Waals surface area contributed by atoms with Crippen LogP contribution in [-0.2, 0) is 12.8 Å². The lowest BCUT2D eigenvalue weighted by Crippen LogP contribution is -1.82. The normalized spacial score (nSPS) is 10.6. The zero-order valence-electron chi connectivity index (χ0n) is 8.68. The monoisotopic (exact) mass is 181 g/mol. The first-order valence-electron chi connectivity index (χ1n) is 5.30. The molecule has 0 aromatic carbocycles. The first kappa shape index (κ1) is 10.3. The van der Waals surface area contributed by atoms with Crippen LogP contribution in [0.2, 0.25) is 0 Å². The molecule has 0 bridgehead atoms. The number of unbranched alkanes of at least 4 members (excludes halogenated alkanes) is 2. The number of aryl methyl sites for hydroxylation is 2. The van der Waals surface area contributed by atoms with Crippen LogP contribution in [0.4, 0.5) is 0 Å². The van der Waals surface area contributed by atoms with E-state index < -0.39 is 0 Å². The highest BCUT2D eigenvalue weighted by molar-refractivity contribution is 4.94. The van der Waals surface area contributed by atoms with Gasteiger partial charge < -0.3 is 4.42 Å². The molecule has 0 saturated heterocycles. The number of nitrogens with zero attached hydrogens (tertiary/aromatic N) is 1. The van der Waals surface area contributed by atoms with Gasteiger partial charge in [0.25, 0.3) is 0 Å². The van der Waals surface area contributed by atoms with Crippen molar-refractivity contribution in [1.82, 2.24) is 4.98 Å². The Balaban J connectivity index is 2.31. The molecule has 0 amide bonds. The van der Waals surface area contributed by atoms with Gasteiger partial charge in [-0.2, -0.15) is 0 Å². The van der Waals surface area contributed by atoms with Gasteiger partial charge in [0.15, 0.2) is 5.89 Å². The molecule has 1 aromatic heterocycles. The van der Waals surface area contributed by atoms with E-state index in [0.717, 1.165) is 30.9 Å². The quantitative estimate of drug-likeness (QED) is 0.629. The van der Waals surface area contributed by atoms with E-state index in [1.807, 2.05) is 6.20 Å². The number of hydrogen-bond donors (Lipinski definition) is 0. The molecule has 0 aliphatic carbocycles. The van der Waals surface area contributed by atoms with Gasteiger partial charge in [0.2, 0.25) is 0 Å². The first-order valence-corrected chi connectivity index (χ1v) is 5.30. The number of aromatic nitrogens is 1. The van der Waals surface area contributed by atoms with Crippen molar-refractivity contribution in [3.63, 3.8) is 0 Å². The second-order valence-electron chi connectivity index (χ2n) is 3.43. The molecule has 0 N–H and O–H groups in total. The van der Waals surface area contributed by atoms with Crippen molar-refractivity contribution in [3.8, 4) is 0 Å². The summed E-state index contributed by atoms with van der Waals surface area (Å²) >= 11 is 0. The van der Waals surface area contributed by atoms with Crippen molar-refractivity contribution in [3.05, 3.63) is 17.8 Å². The molecule has 0 spiro atoms. The molecule has 2 heteroatoms. The Labute approximate surface area is 80.4 Å². The molecule has 0 unspecified atom stereocenters. The van der Waals surface area contributed by atoms with Gasteiger partial charge >= 0.3 is 0 Å². The molecule has 1 heterocycles. The smallest absolute Gasteiger partial charge is 0.194 e. The highest BCUT2D eigenvalue weighted by Gasteiger charge is 2.01. The molecule has 0 aliphatic heterocycles. The predicted octanol–water partition coefficient (Wildman–Crippen LogP) is 3.36. The van der Waals surface area contributed by atoms with E-state index in [9.17, 15) is 0 Å². The van der Waals surface area contributed by atoms with Gasteiger partial charge in [-0.05, 0) is 12.8 Å². The summed E-state index contributed by atoms with van der Waals surface area (Å²) in [5.74, 6) is 1.95. The molecular weight excluding hydrogens is 162 g/mol. The van der Waals surface area contributed by atoms with E-state index in [1.54, 1.807) is 0 Å². The summed E-state index contributed by atoms with van der Waals surface area (Å²) in [4.78, 5) is 4.22. The largest absolute Gasteiger partial charge is 0.446 e. The second-order valence-corrected chi connectivity index (χ2v) is 3.43. The fourth-order valence-electron chi connectivity index (χ4n) is 1.34. The Morgan fingerprint density at radius 3 is 2.69 bits per heavy atom. The standard InChI is InChI=1S/C11H19NO/c1-3-5-6-8-10-9-12-11(13-10)7-4-2/h9H,3-8H2,1-2H3. The summed E-state index contributed by atoms with van der Waals surface area (Å²) in [5.41, 5.74) is 0. The minimum absolute atomic E-state index is 0.897. The zero-order valence-corrected chi connectivity index (χ0v) is 8.68. The molecule has 13 heavy (non-hydrogen) atoms. The van der Waals surface area contributed by atoms with Gasteiger partial charge in [0, 0.05) is 12.8 Å². The molecule has 0 fully saturated rings. The third-order valence-electron chi connectivity index (χ3n) is 2.09. The molecule has 1 aromatic rings. The van der Waals surface area contributed by atoms with Gasteiger partial charge in [-0.3, -0.25) is 0 Å². The minimum atomic E-state index is 0.897. The van der Waals surface area contributed by atoms with Crippen LogP contribution in [-0.4, -0.2) is 4.98 Å². The van der Waals surface area contributed by atoms with Crippen molar-refractivity contribution in [1.29, 1.82) is 0 Å².